The van der Waals surface area contributed by atoms with E-state index in [9.17, 15) is 4.79 Å². The molecule has 4 rings (SSSR count). The third kappa shape index (κ3) is 4.33. The smallest absolute Gasteiger partial charge is 0.251 e. The van der Waals surface area contributed by atoms with E-state index in [2.05, 4.69) is 83.2 Å². The van der Waals surface area contributed by atoms with E-state index in [1.807, 2.05) is 32.3 Å². The molecule has 0 saturated carbocycles. The quantitative estimate of drug-likeness (QED) is 0.467. The topological polar surface area (TPSA) is 37.3 Å². The lowest BCUT2D eigenvalue weighted by Crippen LogP contribution is -2.22. The number of aryl methyl sites for hydroxylation is 1. The maximum Gasteiger partial charge on any atom is 0.251 e. The molecule has 31 heavy (non-hydrogen) atoms. The van der Waals surface area contributed by atoms with Gasteiger partial charge in [-0.3, -0.25) is 4.79 Å². The zero-order valence-corrected chi connectivity index (χ0v) is 18.6. The van der Waals surface area contributed by atoms with Crippen molar-refractivity contribution in [2.24, 2.45) is 0 Å². The molecule has 1 heterocycles. The first-order valence-corrected chi connectivity index (χ1v) is 10.6. The largest absolute Gasteiger partial charge is 0.378 e. The molecule has 0 aliphatic heterocycles. The molecule has 4 aromatic rings. The van der Waals surface area contributed by atoms with E-state index in [1.54, 1.807) is 0 Å². The van der Waals surface area contributed by atoms with Gasteiger partial charge in [-0.25, -0.2) is 0 Å². The van der Waals surface area contributed by atoms with Crippen LogP contribution < -0.4 is 10.2 Å². The van der Waals surface area contributed by atoms with Crippen LogP contribution in [0.3, 0.4) is 0 Å². The van der Waals surface area contributed by atoms with E-state index in [4.69, 9.17) is 0 Å². The minimum absolute atomic E-state index is 0.0496. The van der Waals surface area contributed by atoms with Gasteiger partial charge in [0.2, 0.25) is 0 Å². The van der Waals surface area contributed by atoms with Crippen LogP contribution in [0.4, 0.5) is 5.69 Å². The minimum atomic E-state index is -0.0496. The van der Waals surface area contributed by atoms with Crippen LogP contribution in [0.5, 0.6) is 0 Å². The zero-order valence-electron chi connectivity index (χ0n) is 18.6. The zero-order chi connectivity index (χ0) is 22.0. The van der Waals surface area contributed by atoms with Gasteiger partial charge < -0.3 is 14.8 Å². The SMILES string of the molecule is Cc1c(C)n(Cc2ccccc2)c2ccc(C(=O)NCc3ccc(N(C)C)cc3)cc12. The van der Waals surface area contributed by atoms with Gasteiger partial charge in [-0.15, -0.1) is 0 Å². The number of fused-ring (bicyclic) bond motifs is 1. The molecule has 1 amide bonds. The summed E-state index contributed by atoms with van der Waals surface area (Å²) in [7, 11) is 4.04. The fourth-order valence-corrected chi connectivity index (χ4v) is 3.96. The van der Waals surface area contributed by atoms with Crippen LogP contribution in [0.15, 0.2) is 72.8 Å². The van der Waals surface area contributed by atoms with Gasteiger partial charge in [0.05, 0.1) is 0 Å². The summed E-state index contributed by atoms with van der Waals surface area (Å²) >= 11 is 0. The Bertz CT molecular complexity index is 1200. The standard InChI is InChI=1S/C27H29N3O/c1-19-20(2)30(18-22-8-6-5-7-9-22)26-15-12-23(16-25(19)26)27(31)28-17-21-10-13-24(14-11-21)29(3)4/h5-16H,17-18H2,1-4H3,(H,28,31). The highest BCUT2D eigenvalue weighted by molar-refractivity contribution is 5.99. The van der Waals surface area contributed by atoms with Crippen LogP contribution in [0.25, 0.3) is 10.9 Å². The number of amides is 1. The first-order valence-electron chi connectivity index (χ1n) is 10.6. The first kappa shape index (κ1) is 20.7. The van der Waals surface area contributed by atoms with E-state index in [0.717, 1.165) is 28.7 Å². The van der Waals surface area contributed by atoms with E-state index < -0.39 is 0 Å². The molecular formula is C27H29N3O. The third-order valence-electron chi connectivity index (χ3n) is 5.99. The second-order valence-electron chi connectivity index (χ2n) is 8.26. The molecule has 0 fully saturated rings. The van der Waals surface area contributed by atoms with Gasteiger partial charge in [-0.1, -0.05) is 42.5 Å². The van der Waals surface area contributed by atoms with Gasteiger partial charge in [-0.05, 0) is 60.9 Å². The van der Waals surface area contributed by atoms with E-state index in [0.29, 0.717) is 12.1 Å². The molecule has 1 aromatic heterocycles. The average Bonchev–Trinajstić information content (AvgIpc) is 3.02. The van der Waals surface area contributed by atoms with Crippen LogP contribution in [0.2, 0.25) is 0 Å². The lowest BCUT2D eigenvalue weighted by Gasteiger charge is -2.13. The van der Waals surface area contributed by atoms with Gasteiger partial charge in [0.15, 0.2) is 0 Å². The Morgan fingerprint density at radius 2 is 1.61 bits per heavy atom. The summed E-state index contributed by atoms with van der Waals surface area (Å²) in [5.74, 6) is -0.0496. The Hall–Kier alpha value is -3.53. The van der Waals surface area contributed by atoms with Gasteiger partial charge in [-0.2, -0.15) is 0 Å². The Morgan fingerprint density at radius 1 is 0.903 bits per heavy atom. The van der Waals surface area contributed by atoms with Crippen molar-refractivity contribution in [3.05, 3.63) is 101 Å². The maximum atomic E-state index is 12.8. The Kier molecular flexibility index (Phi) is 5.81. The van der Waals surface area contributed by atoms with E-state index >= 15 is 0 Å². The van der Waals surface area contributed by atoms with Gasteiger partial charge in [0.1, 0.15) is 0 Å². The summed E-state index contributed by atoms with van der Waals surface area (Å²) in [6.45, 7) is 5.62. The summed E-state index contributed by atoms with van der Waals surface area (Å²) in [5, 5.41) is 4.19. The number of benzene rings is 3. The first-order chi connectivity index (χ1) is 14.9. The van der Waals surface area contributed by atoms with Crippen molar-refractivity contribution in [1.82, 2.24) is 9.88 Å². The number of nitrogens with zero attached hydrogens (tertiary/aromatic N) is 2. The summed E-state index contributed by atoms with van der Waals surface area (Å²) in [6.07, 6.45) is 0. The molecular weight excluding hydrogens is 382 g/mol. The summed E-state index contributed by atoms with van der Waals surface area (Å²) in [6, 6.07) is 24.7. The number of rotatable bonds is 6. The third-order valence-corrected chi connectivity index (χ3v) is 5.99. The second kappa shape index (κ2) is 8.68. The van der Waals surface area contributed by atoms with Crippen molar-refractivity contribution >= 4 is 22.5 Å². The highest BCUT2D eigenvalue weighted by Gasteiger charge is 2.14. The Labute approximate surface area is 184 Å². The van der Waals surface area contributed by atoms with E-state index in [1.165, 1.54) is 16.8 Å². The predicted octanol–water partition coefficient (Wildman–Crippen LogP) is 5.30. The molecule has 0 radical (unpaired) electrons. The fraction of sp³-hybridized carbons (Fsp3) is 0.222. The molecule has 0 unspecified atom stereocenters. The number of carbonyl (C=O) groups is 1. The molecule has 0 spiro atoms. The molecule has 0 aliphatic rings. The lowest BCUT2D eigenvalue weighted by molar-refractivity contribution is 0.0951. The summed E-state index contributed by atoms with van der Waals surface area (Å²) in [5.41, 5.74) is 7.81. The number of anilines is 1. The number of hydrogen-bond acceptors (Lipinski definition) is 2. The van der Waals surface area contributed by atoms with Gasteiger partial charge in [0.25, 0.3) is 5.91 Å². The molecule has 0 bridgehead atoms. The van der Waals surface area contributed by atoms with Crippen molar-refractivity contribution in [3.63, 3.8) is 0 Å². The number of nitrogens with one attached hydrogen (secondary N) is 1. The number of carbonyl (C=O) groups excluding carboxylic acids is 1. The van der Waals surface area contributed by atoms with Crippen LogP contribution >= 0.6 is 0 Å². The number of aromatic nitrogens is 1. The van der Waals surface area contributed by atoms with Gasteiger partial charge >= 0.3 is 0 Å². The molecule has 1 N–H and O–H groups in total. The molecule has 158 valence electrons. The van der Waals surface area contributed by atoms with Crippen molar-refractivity contribution in [2.45, 2.75) is 26.9 Å². The molecule has 0 aliphatic carbocycles. The molecule has 3 aromatic carbocycles. The minimum Gasteiger partial charge on any atom is -0.378 e. The average molecular weight is 412 g/mol. The van der Waals surface area contributed by atoms with Gasteiger partial charge in [0, 0.05) is 55.0 Å². The van der Waals surface area contributed by atoms with Crippen molar-refractivity contribution in [1.29, 1.82) is 0 Å². The fourth-order valence-electron chi connectivity index (χ4n) is 3.96. The van der Waals surface area contributed by atoms with Crippen LogP contribution in [-0.4, -0.2) is 24.6 Å². The normalized spacial score (nSPS) is 11.0. The van der Waals surface area contributed by atoms with E-state index in [-0.39, 0.29) is 5.91 Å². The lowest BCUT2D eigenvalue weighted by atomic mass is 10.1. The Balaban J connectivity index is 1.53. The highest BCUT2D eigenvalue weighted by Crippen LogP contribution is 2.27. The van der Waals surface area contributed by atoms with Crippen LogP contribution in [0, 0.1) is 13.8 Å². The van der Waals surface area contributed by atoms with Crippen molar-refractivity contribution in [2.75, 3.05) is 19.0 Å². The molecule has 0 saturated heterocycles. The predicted molar refractivity (Wildman–Crippen MR) is 129 cm³/mol. The Morgan fingerprint density at radius 3 is 2.29 bits per heavy atom. The highest BCUT2D eigenvalue weighted by atomic mass is 16.1. The van der Waals surface area contributed by atoms with Crippen LogP contribution in [-0.2, 0) is 13.1 Å². The molecule has 4 nitrogen and oxygen atoms in total. The van der Waals surface area contributed by atoms with Crippen molar-refractivity contribution < 1.29 is 4.79 Å². The monoisotopic (exact) mass is 411 g/mol. The maximum absolute atomic E-state index is 12.8. The summed E-state index contributed by atoms with van der Waals surface area (Å²) in [4.78, 5) is 14.9. The summed E-state index contributed by atoms with van der Waals surface area (Å²) < 4.78 is 2.33. The van der Waals surface area contributed by atoms with Crippen LogP contribution in [0.1, 0.15) is 32.7 Å². The van der Waals surface area contributed by atoms with Crippen molar-refractivity contribution in [3.8, 4) is 0 Å². The second-order valence-corrected chi connectivity index (χ2v) is 8.26. The number of hydrogen-bond donors (Lipinski definition) is 1. The molecule has 4 heteroatoms. The molecule has 0 atom stereocenters.